The second-order valence-corrected chi connectivity index (χ2v) is 4.80. The first-order chi connectivity index (χ1) is 10.7. The van der Waals surface area contributed by atoms with E-state index in [1.807, 2.05) is 24.1 Å². The van der Waals surface area contributed by atoms with E-state index in [0.717, 1.165) is 13.0 Å². The lowest BCUT2D eigenvalue weighted by molar-refractivity contribution is 0.0957. The van der Waals surface area contributed by atoms with Gasteiger partial charge in [-0.3, -0.25) is 9.78 Å². The highest BCUT2D eigenvalue weighted by atomic mass is 16.1. The molecule has 1 N–H and O–H groups in total. The van der Waals surface area contributed by atoms with Crippen molar-refractivity contribution in [2.24, 2.45) is 0 Å². The lowest BCUT2D eigenvalue weighted by Gasteiger charge is -2.16. The molecule has 0 radical (unpaired) electrons. The number of carbonyl (C=O) groups is 1. The van der Waals surface area contributed by atoms with Crippen molar-refractivity contribution in [3.05, 3.63) is 60.7 Å². The van der Waals surface area contributed by atoms with Gasteiger partial charge in [0.1, 0.15) is 0 Å². The normalized spacial score (nSPS) is 10.0. The highest BCUT2D eigenvalue weighted by molar-refractivity contribution is 5.93. The first-order valence-electron chi connectivity index (χ1n) is 7.02. The summed E-state index contributed by atoms with van der Waals surface area (Å²) < 4.78 is 0. The Balaban J connectivity index is 1.91. The summed E-state index contributed by atoms with van der Waals surface area (Å²) in [6.07, 6.45) is 9.13. The molecule has 6 heteroatoms. The number of hydrogen-bond donors (Lipinski definition) is 1. The summed E-state index contributed by atoms with van der Waals surface area (Å²) in [6.45, 7) is 4.76. The maximum absolute atomic E-state index is 11.7. The summed E-state index contributed by atoms with van der Waals surface area (Å²) in [6, 6.07) is 3.98. The first-order valence-corrected chi connectivity index (χ1v) is 7.02. The minimum absolute atomic E-state index is 0.203. The van der Waals surface area contributed by atoms with Crippen LogP contribution in [0.4, 0.5) is 5.95 Å². The Morgan fingerprint density at radius 3 is 2.64 bits per heavy atom. The van der Waals surface area contributed by atoms with Crippen LogP contribution in [0.25, 0.3) is 0 Å². The Labute approximate surface area is 129 Å². The Hall–Kier alpha value is -2.76. The predicted octanol–water partition coefficient (Wildman–Crippen LogP) is 1.47. The Kier molecular flexibility index (Phi) is 5.59. The highest BCUT2D eigenvalue weighted by Crippen LogP contribution is 2.07. The van der Waals surface area contributed by atoms with Crippen molar-refractivity contribution in [2.75, 3.05) is 25.0 Å². The third-order valence-corrected chi connectivity index (χ3v) is 3.13. The maximum Gasteiger partial charge on any atom is 0.254 e. The zero-order valence-electron chi connectivity index (χ0n) is 12.6. The van der Waals surface area contributed by atoms with Gasteiger partial charge in [0, 0.05) is 44.9 Å². The number of pyridine rings is 1. The van der Waals surface area contributed by atoms with E-state index in [1.165, 1.54) is 18.0 Å². The van der Waals surface area contributed by atoms with Crippen molar-refractivity contribution in [1.82, 2.24) is 20.3 Å². The quantitative estimate of drug-likeness (QED) is 0.784. The van der Waals surface area contributed by atoms with E-state index in [0.29, 0.717) is 18.1 Å². The van der Waals surface area contributed by atoms with Gasteiger partial charge < -0.3 is 10.2 Å². The number of rotatable bonds is 7. The first kappa shape index (κ1) is 15.6. The molecule has 6 nitrogen and oxygen atoms in total. The van der Waals surface area contributed by atoms with Crippen LogP contribution in [-0.4, -0.2) is 41.0 Å². The largest absolute Gasteiger partial charge is 0.348 e. The molecule has 0 aliphatic rings. The molecule has 0 saturated heterocycles. The van der Waals surface area contributed by atoms with Crippen LogP contribution in [0, 0.1) is 0 Å². The van der Waals surface area contributed by atoms with E-state index < -0.39 is 0 Å². The average Bonchev–Trinajstić information content (AvgIpc) is 2.58. The number of amides is 1. The van der Waals surface area contributed by atoms with E-state index in [-0.39, 0.29) is 5.91 Å². The molecule has 0 fully saturated rings. The van der Waals surface area contributed by atoms with E-state index >= 15 is 0 Å². The van der Waals surface area contributed by atoms with E-state index in [2.05, 4.69) is 26.8 Å². The summed E-state index contributed by atoms with van der Waals surface area (Å²) in [7, 11) is 1.92. The third kappa shape index (κ3) is 4.37. The van der Waals surface area contributed by atoms with Gasteiger partial charge in [0.2, 0.25) is 5.95 Å². The summed E-state index contributed by atoms with van der Waals surface area (Å²) in [5.41, 5.74) is 1.65. The number of nitrogens with one attached hydrogen (secondary N) is 1. The molecule has 0 saturated carbocycles. The summed E-state index contributed by atoms with van der Waals surface area (Å²) in [5.74, 6) is 0.389. The van der Waals surface area contributed by atoms with Gasteiger partial charge in [0.05, 0.1) is 5.56 Å². The monoisotopic (exact) mass is 297 g/mol. The second-order valence-electron chi connectivity index (χ2n) is 4.80. The van der Waals surface area contributed by atoms with Gasteiger partial charge >= 0.3 is 0 Å². The lowest BCUT2D eigenvalue weighted by Crippen LogP contribution is -2.25. The van der Waals surface area contributed by atoms with Gasteiger partial charge in [-0.25, -0.2) is 9.97 Å². The molecule has 0 spiro atoms. The van der Waals surface area contributed by atoms with Crippen LogP contribution in [0.2, 0.25) is 0 Å². The molecule has 22 heavy (non-hydrogen) atoms. The van der Waals surface area contributed by atoms with Crippen molar-refractivity contribution in [2.45, 2.75) is 6.42 Å². The van der Waals surface area contributed by atoms with E-state index in [1.54, 1.807) is 18.5 Å². The number of hydrogen-bond acceptors (Lipinski definition) is 5. The summed E-state index contributed by atoms with van der Waals surface area (Å²) in [4.78, 5) is 26.2. The van der Waals surface area contributed by atoms with Crippen LogP contribution >= 0.6 is 0 Å². The molecule has 0 unspecified atom stereocenters. The molecular weight excluding hydrogens is 278 g/mol. The average molecular weight is 297 g/mol. The number of anilines is 1. The Morgan fingerprint density at radius 2 is 2.00 bits per heavy atom. The molecule has 0 atom stereocenters. The standard InChI is InChI=1S/C16H19N5O/c1-3-7-18-15(22)14-11-19-16(20-12-14)21(2)10-6-13-4-8-17-9-5-13/h3-5,8-9,11-12H,1,6-7,10H2,2H3,(H,18,22). The van der Waals surface area contributed by atoms with Crippen LogP contribution in [0.1, 0.15) is 15.9 Å². The number of aromatic nitrogens is 3. The summed E-state index contributed by atoms with van der Waals surface area (Å²) in [5, 5.41) is 2.69. The predicted molar refractivity (Wildman–Crippen MR) is 85.8 cm³/mol. The van der Waals surface area contributed by atoms with Gasteiger partial charge in [-0.05, 0) is 24.1 Å². The molecule has 0 aliphatic carbocycles. The van der Waals surface area contributed by atoms with E-state index in [9.17, 15) is 4.79 Å². The minimum Gasteiger partial charge on any atom is -0.348 e. The zero-order valence-corrected chi connectivity index (χ0v) is 12.6. The minimum atomic E-state index is -0.203. The molecule has 0 bridgehead atoms. The fourth-order valence-corrected chi connectivity index (χ4v) is 1.85. The Morgan fingerprint density at radius 1 is 1.32 bits per heavy atom. The van der Waals surface area contributed by atoms with Crippen molar-refractivity contribution in [3.8, 4) is 0 Å². The van der Waals surface area contributed by atoms with Gasteiger partial charge in [0.25, 0.3) is 5.91 Å². The van der Waals surface area contributed by atoms with Crippen molar-refractivity contribution >= 4 is 11.9 Å². The number of likely N-dealkylation sites (N-methyl/N-ethyl adjacent to an activating group) is 1. The van der Waals surface area contributed by atoms with Crippen LogP contribution in [0.5, 0.6) is 0 Å². The molecule has 2 aromatic rings. The molecule has 114 valence electrons. The molecular formula is C16H19N5O. The molecule has 2 rings (SSSR count). The molecule has 0 aromatic carbocycles. The SMILES string of the molecule is C=CCNC(=O)c1cnc(N(C)CCc2ccncc2)nc1. The number of nitrogens with zero attached hydrogens (tertiary/aromatic N) is 4. The lowest BCUT2D eigenvalue weighted by atomic mass is 10.2. The van der Waals surface area contributed by atoms with Gasteiger partial charge in [-0.1, -0.05) is 6.08 Å². The highest BCUT2D eigenvalue weighted by Gasteiger charge is 2.08. The van der Waals surface area contributed by atoms with Gasteiger partial charge in [0.15, 0.2) is 0 Å². The van der Waals surface area contributed by atoms with Gasteiger partial charge in [-0.15, -0.1) is 6.58 Å². The van der Waals surface area contributed by atoms with Crippen LogP contribution in [0.15, 0.2) is 49.6 Å². The smallest absolute Gasteiger partial charge is 0.254 e. The van der Waals surface area contributed by atoms with Crippen molar-refractivity contribution in [1.29, 1.82) is 0 Å². The second kappa shape index (κ2) is 7.87. The fraction of sp³-hybridized carbons (Fsp3) is 0.250. The fourth-order valence-electron chi connectivity index (χ4n) is 1.85. The zero-order chi connectivity index (χ0) is 15.8. The van der Waals surface area contributed by atoms with Gasteiger partial charge in [-0.2, -0.15) is 0 Å². The molecule has 2 aromatic heterocycles. The van der Waals surface area contributed by atoms with Crippen LogP contribution in [0.3, 0.4) is 0 Å². The topological polar surface area (TPSA) is 71.0 Å². The van der Waals surface area contributed by atoms with Crippen LogP contribution < -0.4 is 10.2 Å². The molecule has 1 amide bonds. The van der Waals surface area contributed by atoms with E-state index in [4.69, 9.17) is 0 Å². The third-order valence-electron chi connectivity index (χ3n) is 3.13. The van der Waals surface area contributed by atoms with Crippen LogP contribution in [-0.2, 0) is 6.42 Å². The Bertz CT molecular complexity index is 612. The van der Waals surface area contributed by atoms with Crippen molar-refractivity contribution in [3.63, 3.8) is 0 Å². The maximum atomic E-state index is 11.7. The molecule has 0 aliphatic heterocycles. The molecule has 2 heterocycles. The summed E-state index contributed by atoms with van der Waals surface area (Å²) >= 11 is 0. The number of carbonyl (C=O) groups excluding carboxylic acids is 1. The van der Waals surface area contributed by atoms with Crippen molar-refractivity contribution < 1.29 is 4.79 Å².